The van der Waals surface area contributed by atoms with Crippen LogP contribution in [0.2, 0.25) is 0 Å². The molecule has 2 aromatic rings. The van der Waals surface area contributed by atoms with Crippen LogP contribution in [0.5, 0.6) is 17.2 Å². The first-order chi connectivity index (χ1) is 14.8. The van der Waals surface area contributed by atoms with Gasteiger partial charge in [0.25, 0.3) is 0 Å². The summed E-state index contributed by atoms with van der Waals surface area (Å²) < 4.78 is 16.8. The normalized spacial score (nSPS) is 14.1. The molecule has 3 rings (SSSR count). The van der Waals surface area contributed by atoms with Crippen LogP contribution in [0, 0.1) is 0 Å². The van der Waals surface area contributed by atoms with E-state index in [0.29, 0.717) is 22.8 Å². The Morgan fingerprint density at radius 2 is 1.81 bits per heavy atom. The van der Waals surface area contributed by atoms with Gasteiger partial charge in [-0.15, -0.1) is 0 Å². The quantitative estimate of drug-likeness (QED) is 0.514. The van der Waals surface area contributed by atoms with Gasteiger partial charge in [-0.1, -0.05) is 12.1 Å². The lowest BCUT2D eigenvalue weighted by molar-refractivity contribution is -0.117. The molecule has 0 saturated carbocycles. The third-order valence-corrected chi connectivity index (χ3v) is 5.00. The number of Topliss-reactive ketones (excluding diaryl/α,β-unsaturated/α-hetero) is 1. The molecule has 0 spiro atoms. The second-order valence-electron chi connectivity index (χ2n) is 7.79. The number of allylic oxidation sites excluding steroid dienone is 1. The van der Waals surface area contributed by atoms with E-state index < -0.39 is 5.60 Å². The molecule has 0 radical (unpaired) electrons. The van der Waals surface area contributed by atoms with E-state index in [0.717, 1.165) is 16.7 Å². The highest BCUT2D eigenvalue weighted by Gasteiger charge is 2.27. The number of rotatable bonds is 8. The Balaban J connectivity index is 1.91. The Hall–Kier alpha value is -3.38. The first-order valence-electron chi connectivity index (χ1n) is 9.98. The number of benzene rings is 2. The van der Waals surface area contributed by atoms with Gasteiger partial charge >= 0.3 is 0 Å². The highest BCUT2D eigenvalue weighted by molar-refractivity contribution is 6.09. The fourth-order valence-corrected chi connectivity index (χ4v) is 3.39. The number of carbonyl (C=O) groups is 2. The van der Waals surface area contributed by atoms with Crippen LogP contribution in [0.4, 0.5) is 0 Å². The van der Waals surface area contributed by atoms with Gasteiger partial charge in [0, 0.05) is 12.0 Å². The van der Waals surface area contributed by atoms with E-state index in [2.05, 4.69) is 0 Å². The van der Waals surface area contributed by atoms with Gasteiger partial charge in [-0.05, 0) is 61.9 Å². The van der Waals surface area contributed by atoms with Gasteiger partial charge in [-0.25, -0.2) is 0 Å². The first-order valence-corrected chi connectivity index (χ1v) is 9.98. The van der Waals surface area contributed by atoms with Gasteiger partial charge in [-0.2, -0.15) is 0 Å². The molecule has 0 aromatic heterocycles. The number of carbonyl (C=O) groups excluding carboxylic acids is 2. The van der Waals surface area contributed by atoms with Gasteiger partial charge in [0.1, 0.15) is 22.8 Å². The third-order valence-electron chi connectivity index (χ3n) is 5.00. The van der Waals surface area contributed by atoms with Crippen molar-refractivity contribution in [2.75, 3.05) is 20.8 Å². The number of hydrogen-bond acceptors (Lipinski definition) is 6. The maximum atomic E-state index is 13.0. The van der Waals surface area contributed by atoms with Crippen molar-refractivity contribution >= 4 is 23.7 Å². The zero-order valence-electron chi connectivity index (χ0n) is 18.2. The molecular weight excluding hydrogens is 394 g/mol. The number of ketones is 2. The van der Waals surface area contributed by atoms with Crippen LogP contribution in [0.3, 0.4) is 0 Å². The Bertz CT molecular complexity index is 1070. The molecule has 0 fully saturated rings. The van der Waals surface area contributed by atoms with Crippen LogP contribution in [-0.2, 0) is 11.2 Å². The molecule has 2 N–H and O–H groups in total. The monoisotopic (exact) mass is 421 g/mol. The Morgan fingerprint density at radius 1 is 1.10 bits per heavy atom. The fraction of sp³-hybridized carbons (Fsp3) is 0.280. The molecule has 2 aromatic carbocycles. The standard InChI is InChI=1S/C25H27NO5/c1-25(2)12-11-20-23(30-4)10-7-19(24(20)31-25)21(28)8-5-16-6-9-22(29-3)17(13-16)14-18(27)15-26/h5-13H,14-15,26H2,1-4H3/b8-5+. The van der Waals surface area contributed by atoms with E-state index in [1.807, 2.05) is 38.1 Å². The molecule has 0 bridgehead atoms. The Morgan fingerprint density at radius 3 is 2.48 bits per heavy atom. The van der Waals surface area contributed by atoms with Crippen LogP contribution < -0.4 is 19.9 Å². The lowest BCUT2D eigenvalue weighted by atomic mass is 9.97. The van der Waals surface area contributed by atoms with Crippen molar-refractivity contribution < 1.29 is 23.8 Å². The third kappa shape index (κ3) is 5.03. The lowest BCUT2D eigenvalue weighted by Crippen LogP contribution is -2.28. The van der Waals surface area contributed by atoms with Crippen molar-refractivity contribution in [3.63, 3.8) is 0 Å². The largest absolute Gasteiger partial charge is 0.496 e. The minimum Gasteiger partial charge on any atom is -0.496 e. The van der Waals surface area contributed by atoms with Crippen LogP contribution in [-0.4, -0.2) is 37.9 Å². The number of hydrogen-bond donors (Lipinski definition) is 1. The van der Waals surface area contributed by atoms with E-state index in [1.165, 1.54) is 6.08 Å². The molecule has 0 aliphatic carbocycles. The average molecular weight is 421 g/mol. The molecule has 6 heteroatoms. The summed E-state index contributed by atoms with van der Waals surface area (Å²) in [6.45, 7) is 3.82. The second-order valence-corrected chi connectivity index (χ2v) is 7.79. The molecule has 31 heavy (non-hydrogen) atoms. The summed E-state index contributed by atoms with van der Waals surface area (Å²) in [5.41, 5.74) is 7.60. The topological polar surface area (TPSA) is 87.9 Å². The molecule has 162 valence electrons. The summed E-state index contributed by atoms with van der Waals surface area (Å²) in [4.78, 5) is 24.8. The van der Waals surface area contributed by atoms with Gasteiger partial charge < -0.3 is 19.9 Å². The Labute approximate surface area is 182 Å². The molecule has 1 heterocycles. The highest BCUT2D eigenvalue weighted by Crippen LogP contribution is 2.40. The highest BCUT2D eigenvalue weighted by atomic mass is 16.5. The maximum Gasteiger partial charge on any atom is 0.189 e. The van der Waals surface area contributed by atoms with Crippen LogP contribution in [0.1, 0.15) is 40.9 Å². The predicted molar refractivity (Wildman–Crippen MR) is 121 cm³/mol. The molecule has 1 aliphatic rings. The van der Waals surface area contributed by atoms with Gasteiger partial charge in [0.15, 0.2) is 11.6 Å². The van der Waals surface area contributed by atoms with Crippen molar-refractivity contribution in [2.45, 2.75) is 25.9 Å². The minimum atomic E-state index is -0.529. The molecule has 1 aliphatic heterocycles. The molecule has 0 unspecified atom stereocenters. The van der Waals surface area contributed by atoms with Gasteiger partial charge in [0.2, 0.25) is 0 Å². The number of methoxy groups -OCH3 is 2. The maximum absolute atomic E-state index is 13.0. The summed E-state index contributed by atoms with van der Waals surface area (Å²) in [6.07, 6.45) is 7.23. The zero-order valence-corrected chi connectivity index (χ0v) is 18.2. The second kappa shape index (κ2) is 9.18. The number of fused-ring (bicyclic) bond motifs is 1. The smallest absolute Gasteiger partial charge is 0.189 e. The van der Waals surface area contributed by atoms with Crippen LogP contribution in [0.25, 0.3) is 12.2 Å². The Kier molecular flexibility index (Phi) is 6.61. The van der Waals surface area contributed by atoms with E-state index in [4.69, 9.17) is 19.9 Å². The number of ether oxygens (including phenoxy) is 3. The lowest BCUT2D eigenvalue weighted by Gasteiger charge is -2.29. The van der Waals surface area contributed by atoms with Gasteiger partial charge in [0.05, 0.1) is 31.9 Å². The van der Waals surface area contributed by atoms with E-state index in [1.54, 1.807) is 38.5 Å². The van der Waals surface area contributed by atoms with Crippen LogP contribution in [0.15, 0.2) is 42.5 Å². The van der Waals surface area contributed by atoms with Crippen molar-refractivity contribution in [1.29, 1.82) is 0 Å². The molecule has 0 amide bonds. The molecular formula is C25H27NO5. The SMILES string of the molecule is COc1ccc(/C=C/C(=O)c2ccc(OC)c3c2OC(C)(C)C=C3)cc1CC(=O)CN. The summed E-state index contributed by atoms with van der Waals surface area (Å²) in [5, 5.41) is 0. The molecule has 0 atom stereocenters. The van der Waals surface area contributed by atoms with Gasteiger partial charge in [-0.3, -0.25) is 9.59 Å². The summed E-state index contributed by atoms with van der Waals surface area (Å²) in [7, 11) is 3.13. The average Bonchev–Trinajstić information content (AvgIpc) is 2.75. The molecule has 6 nitrogen and oxygen atoms in total. The van der Waals surface area contributed by atoms with Crippen LogP contribution >= 0.6 is 0 Å². The first kappa shape index (κ1) is 22.3. The van der Waals surface area contributed by atoms with E-state index in [-0.39, 0.29) is 24.5 Å². The van der Waals surface area contributed by atoms with E-state index >= 15 is 0 Å². The molecule has 0 saturated heterocycles. The predicted octanol–water partition coefficient (Wildman–Crippen LogP) is 3.85. The minimum absolute atomic E-state index is 0.0327. The summed E-state index contributed by atoms with van der Waals surface area (Å²) >= 11 is 0. The summed E-state index contributed by atoms with van der Waals surface area (Å²) in [6, 6.07) is 8.89. The van der Waals surface area contributed by atoms with Crippen molar-refractivity contribution in [3.8, 4) is 17.2 Å². The van der Waals surface area contributed by atoms with Crippen molar-refractivity contribution in [1.82, 2.24) is 0 Å². The van der Waals surface area contributed by atoms with E-state index in [9.17, 15) is 9.59 Å². The van der Waals surface area contributed by atoms with Crippen molar-refractivity contribution in [3.05, 3.63) is 64.7 Å². The summed E-state index contributed by atoms with van der Waals surface area (Å²) in [5.74, 6) is 1.47. The number of nitrogens with two attached hydrogens (primary N) is 1. The van der Waals surface area contributed by atoms with Crippen molar-refractivity contribution in [2.24, 2.45) is 5.73 Å². The fourth-order valence-electron chi connectivity index (χ4n) is 3.39. The zero-order chi connectivity index (χ0) is 22.6.